The minimum Gasteiger partial charge on any atom is -0.481 e. The molecule has 0 spiro atoms. The van der Waals surface area contributed by atoms with Gasteiger partial charge in [0.25, 0.3) is 0 Å². The third-order valence-electron chi connectivity index (χ3n) is 14.3. The number of nitrogens with zero attached hydrogens (tertiary/aromatic N) is 4. The lowest BCUT2D eigenvalue weighted by atomic mass is 9.99. The van der Waals surface area contributed by atoms with Gasteiger partial charge < -0.3 is 57.3 Å². The van der Waals surface area contributed by atoms with Crippen LogP contribution in [0.2, 0.25) is 0 Å². The number of hydrogen-bond donors (Lipinski definition) is 2. The molecule has 2 aliphatic rings. The molecule has 88 heavy (non-hydrogen) atoms. The van der Waals surface area contributed by atoms with E-state index in [0.717, 1.165) is 10.8 Å². The van der Waals surface area contributed by atoms with E-state index in [9.17, 15) is 28.8 Å². The molecule has 9 aromatic rings. The van der Waals surface area contributed by atoms with Crippen LogP contribution in [0.3, 0.4) is 0 Å². The van der Waals surface area contributed by atoms with E-state index >= 15 is 0 Å². The highest BCUT2D eigenvalue weighted by molar-refractivity contribution is 6.08. The lowest BCUT2D eigenvalue weighted by Crippen LogP contribution is -2.16. The third-order valence-corrected chi connectivity index (χ3v) is 14.3. The lowest BCUT2D eigenvalue weighted by molar-refractivity contribution is -0.143. The van der Waals surface area contributed by atoms with Gasteiger partial charge in [-0.15, -0.1) is 0 Å². The molecule has 0 atom stereocenters. The summed E-state index contributed by atoms with van der Waals surface area (Å²) in [5.41, 5.74) is 7.47. The molecule has 0 unspecified atom stereocenters. The fourth-order valence-corrected chi connectivity index (χ4v) is 10.3. The van der Waals surface area contributed by atoms with Gasteiger partial charge in [0.1, 0.15) is 23.0 Å². The number of carbonyl (C=O) groups excluding carboxylic acids is 6. The second kappa shape index (κ2) is 25.3. The fraction of sp³-hybridized carbons (Fsp3) is 0.152. The normalized spacial score (nSPS) is 11.4. The molecule has 8 bridgehead atoms. The second-order valence-electron chi connectivity index (χ2n) is 19.4. The predicted molar refractivity (Wildman–Crippen MR) is 324 cm³/mol. The summed E-state index contributed by atoms with van der Waals surface area (Å²) >= 11 is 0. The summed E-state index contributed by atoms with van der Waals surface area (Å²) in [5.74, 6) is -4.84. The van der Waals surface area contributed by atoms with Crippen molar-refractivity contribution in [2.75, 3.05) is 69.1 Å². The molecule has 0 saturated carbocycles. The molecule has 11 rings (SSSR count). The van der Waals surface area contributed by atoms with Gasteiger partial charge in [-0.2, -0.15) is 0 Å². The first-order valence-corrected chi connectivity index (χ1v) is 27.0. The zero-order valence-electron chi connectivity index (χ0n) is 48.0. The molecular weight excluding hydrogens is 1130 g/mol. The Morgan fingerprint density at radius 3 is 0.989 bits per heavy atom. The van der Waals surface area contributed by atoms with Crippen LogP contribution in [-0.2, 0) is 47.6 Å². The van der Waals surface area contributed by atoms with Crippen LogP contribution in [0.1, 0.15) is 43.5 Å². The van der Waals surface area contributed by atoms with Gasteiger partial charge in [0, 0.05) is 78.6 Å². The number of hydrogen-bond acceptors (Lipinski definition) is 20. The highest BCUT2D eigenvalue weighted by Crippen LogP contribution is 2.48. The van der Waals surface area contributed by atoms with Crippen molar-refractivity contribution in [2.45, 2.75) is 0 Å². The van der Waals surface area contributed by atoms with E-state index in [-0.39, 0.29) is 45.3 Å². The Balaban J connectivity index is 1.36. The van der Waals surface area contributed by atoms with Crippen molar-refractivity contribution >= 4 is 104 Å². The average Bonchev–Trinajstić information content (AvgIpc) is 1.68. The molecule has 2 N–H and O–H groups in total. The fourth-order valence-electron chi connectivity index (χ4n) is 10.3. The first kappa shape index (κ1) is 58.1. The van der Waals surface area contributed by atoms with Crippen molar-refractivity contribution in [3.05, 3.63) is 155 Å². The predicted octanol–water partition coefficient (Wildman–Crippen LogP) is 10.2. The van der Waals surface area contributed by atoms with Gasteiger partial charge in [0.05, 0.1) is 98.7 Å². The van der Waals surface area contributed by atoms with E-state index in [2.05, 4.69) is 9.97 Å². The molecule has 22 nitrogen and oxygen atoms in total. The summed E-state index contributed by atoms with van der Waals surface area (Å²) in [6, 6.07) is 31.8. The maximum Gasteiger partial charge on any atom is 0.343 e. The number of benzene rings is 4. The molecule has 22 heteroatoms. The monoisotopic (exact) mass is 1180 g/mol. The van der Waals surface area contributed by atoms with Crippen molar-refractivity contribution in [2.24, 2.45) is 0 Å². The van der Waals surface area contributed by atoms with Gasteiger partial charge in [-0.3, -0.25) is 9.97 Å². The van der Waals surface area contributed by atoms with Gasteiger partial charge in [-0.05, 0) is 85.0 Å². The quantitative estimate of drug-likeness (QED) is 0.0597. The van der Waals surface area contributed by atoms with Crippen LogP contribution in [-0.4, -0.2) is 135 Å². The summed E-state index contributed by atoms with van der Waals surface area (Å²) in [6.45, 7) is -2.51. The molecule has 442 valence electrons. The van der Waals surface area contributed by atoms with Crippen molar-refractivity contribution < 1.29 is 76.1 Å². The van der Waals surface area contributed by atoms with E-state index < -0.39 is 62.2 Å². The van der Waals surface area contributed by atoms with Gasteiger partial charge >= 0.3 is 35.8 Å². The number of aromatic amines is 2. The highest BCUT2D eigenvalue weighted by Gasteiger charge is 2.29. The Bertz CT molecular complexity index is 4200. The van der Waals surface area contributed by atoms with E-state index in [4.69, 9.17) is 67.3 Å². The highest BCUT2D eigenvalue weighted by atomic mass is 16.6. The van der Waals surface area contributed by atoms with E-state index in [1.807, 2.05) is 72.8 Å². The smallest absolute Gasteiger partial charge is 0.343 e. The van der Waals surface area contributed by atoms with Crippen LogP contribution in [0.25, 0.3) is 113 Å². The lowest BCUT2D eigenvalue weighted by Gasteiger charge is -2.18. The number of H-pyrrole nitrogens is 2. The number of para-hydroxylation sites is 2. The van der Waals surface area contributed by atoms with Crippen LogP contribution < -0.4 is 18.9 Å². The molecule has 5 aromatic heterocycles. The Morgan fingerprint density at radius 2 is 0.670 bits per heavy atom. The number of fused-ring (bicyclic) bond motifs is 10. The van der Waals surface area contributed by atoms with Crippen LogP contribution in [0.4, 0.5) is 0 Å². The number of carbonyl (C=O) groups is 6. The average molecular weight is 1190 g/mol. The number of aromatic nitrogens is 6. The van der Waals surface area contributed by atoms with Gasteiger partial charge in [-0.25, -0.2) is 38.7 Å². The molecule has 0 aliphatic carbocycles. The van der Waals surface area contributed by atoms with Crippen LogP contribution in [0.15, 0.2) is 122 Å². The zero-order chi connectivity index (χ0) is 61.6. The minimum atomic E-state index is -0.789. The molecular formula is C66H52N6O16. The number of esters is 6. The van der Waals surface area contributed by atoms with Crippen molar-refractivity contribution in [3.8, 4) is 67.5 Å². The summed E-state index contributed by atoms with van der Waals surface area (Å²) in [6.07, 6.45) is 10.5. The molecule has 4 aromatic carbocycles. The van der Waals surface area contributed by atoms with Crippen molar-refractivity contribution in [3.63, 3.8) is 0 Å². The Hall–Kier alpha value is -11.7. The number of ether oxygens (including phenoxy) is 10. The molecule has 2 aliphatic heterocycles. The maximum atomic E-state index is 13.5. The molecule has 7 heterocycles. The standard InChI is InChI=1S/C66H52N6O16/c1-79-53(73)31-85-49-27-37(65(77)83-5)28-50(86-32-54(74)80-2)61(49)59-45-21-17-41(69-45)57(39-15-7-11-35-13-9-25-67-63(35)39)43-19-23-47(71-43)60(62-51(87-33-55(75)81-3)29-38(66(78)84-6)30-52(62)88-34-56(76)82-4)48-24-20-44(72-48)58(42-18-22-46(59)70-42)40-16-8-12-36-14-10-26-68-64(36)40/h7-30,69,72H,31-34H2,1-6H3. The second-order valence-corrected chi connectivity index (χ2v) is 19.4. The van der Waals surface area contributed by atoms with E-state index in [1.165, 1.54) is 66.9 Å². The zero-order valence-corrected chi connectivity index (χ0v) is 48.0. The first-order valence-electron chi connectivity index (χ1n) is 27.0. The summed E-state index contributed by atoms with van der Waals surface area (Å²) in [4.78, 5) is 107. The molecule has 0 saturated heterocycles. The summed E-state index contributed by atoms with van der Waals surface area (Å²) in [5, 5.41) is 1.60. The van der Waals surface area contributed by atoms with Crippen LogP contribution >= 0.6 is 0 Å². The van der Waals surface area contributed by atoms with Crippen LogP contribution in [0.5, 0.6) is 23.0 Å². The number of pyridine rings is 2. The minimum absolute atomic E-state index is 0.0539. The maximum absolute atomic E-state index is 13.5. The van der Waals surface area contributed by atoms with Gasteiger partial charge in [-0.1, -0.05) is 48.5 Å². The van der Waals surface area contributed by atoms with Crippen molar-refractivity contribution in [1.29, 1.82) is 0 Å². The Kier molecular flexibility index (Phi) is 16.7. The van der Waals surface area contributed by atoms with Crippen molar-refractivity contribution in [1.82, 2.24) is 29.9 Å². The number of rotatable bonds is 18. The topological polar surface area (TPSA) is 278 Å². The van der Waals surface area contributed by atoms with E-state index in [0.29, 0.717) is 89.3 Å². The van der Waals surface area contributed by atoms with Crippen LogP contribution in [0, 0.1) is 0 Å². The molecule has 0 amide bonds. The Morgan fingerprint density at radius 1 is 0.364 bits per heavy atom. The Labute approximate surface area is 500 Å². The summed E-state index contributed by atoms with van der Waals surface area (Å²) in [7, 11) is 7.20. The van der Waals surface area contributed by atoms with Gasteiger partial charge in [0.2, 0.25) is 0 Å². The molecule has 0 fully saturated rings. The van der Waals surface area contributed by atoms with E-state index in [1.54, 1.807) is 48.8 Å². The molecule has 0 radical (unpaired) electrons. The largest absolute Gasteiger partial charge is 0.481 e. The third kappa shape index (κ3) is 11.5. The SMILES string of the molecule is COC(=O)COc1cc(C(=O)OC)cc(OCC(=O)OC)c1-c1c2nc(c(-c3cccc4cccnc34)c3ccc([nH]3)c(-c3c(OCC(=O)OC)cc(C(=O)OC)cc3OCC(=O)OC)c3nc(c(-c4cccc5cccnc45)c4ccc1[nH]4)C=C3)C=C2. The summed E-state index contributed by atoms with van der Waals surface area (Å²) < 4.78 is 55.4. The first-order chi connectivity index (χ1) is 42.8. The number of nitrogens with one attached hydrogen (secondary N) is 2. The van der Waals surface area contributed by atoms with Gasteiger partial charge in [0.15, 0.2) is 26.4 Å². The number of methoxy groups -OCH3 is 6.